The lowest BCUT2D eigenvalue weighted by Gasteiger charge is -2.23. The fourth-order valence-electron chi connectivity index (χ4n) is 2.69. The van der Waals surface area contributed by atoms with Crippen molar-refractivity contribution in [1.82, 2.24) is 4.90 Å². The first kappa shape index (κ1) is 21.3. The quantitative estimate of drug-likeness (QED) is 0.721. The summed E-state index contributed by atoms with van der Waals surface area (Å²) in [6.07, 6.45) is 0. The van der Waals surface area contributed by atoms with E-state index >= 15 is 0 Å². The Hall–Kier alpha value is -2.99. The molecule has 2 aromatic carbocycles. The average molecular weight is 381 g/mol. The zero-order valence-corrected chi connectivity index (χ0v) is 17.0. The fourth-order valence-corrected chi connectivity index (χ4v) is 2.69. The number of carbonyl (C=O) groups is 3. The molecule has 0 radical (unpaired) electrons. The maximum absolute atomic E-state index is 12.5. The van der Waals surface area contributed by atoms with Crippen LogP contribution in [0.1, 0.15) is 35.3 Å². The first-order valence-electron chi connectivity index (χ1n) is 9.16. The third kappa shape index (κ3) is 5.76. The van der Waals surface area contributed by atoms with Gasteiger partial charge >= 0.3 is 0 Å². The minimum Gasteiger partial charge on any atom is -0.325 e. The van der Waals surface area contributed by atoms with E-state index < -0.39 is 6.04 Å². The lowest BCUT2D eigenvalue weighted by molar-refractivity contribution is -0.122. The van der Waals surface area contributed by atoms with Gasteiger partial charge in [-0.2, -0.15) is 0 Å². The number of rotatable bonds is 7. The standard InChI is InChI=1S/C22H27N3O3/c1-14-9-10-15(2)20(11-14)24-21(27)13-25(5)16(3)22(28)23-19-8-6-7-18(12-19)17(4)26/h6-12,16H,13H2,1-5H3,(H,23,28)(H,24,27). The van der Waals surface area contributed by atoms with Gasteiger partial charge in [-0.1, -0.05) is 24.3 Å². The topological polar surface area (TPSA) is 78.5 Å². The van der Waals surface area contributed by atoms with Crippen LogP contribution >= 0.6 is 0 Å². The van der Waals surface area contributed by atoms with Crippen LogP contribution in [0.4, 0.5) is 11.4 Å². The highest BCUT2D eigenvalue weighted by molar-refractivity contribution is 5.99. The van der Waals surface area contributed by atoms with Gasteiger partial charge in [0.05, 0.1) is 12.6 Å². The summed E-state index contributed by atoms with van der Waals surface area (Å²) in [5.41, 5.74) is 3.91. The minimum absolute atomic E-state index is 0.0654. The number of likely N-dealkylation sites (N-methyl/N-ethyl adjacent to an activating group) is 1. The van der Waals surface area contributed by atoms with E-state index in [1.54, 1.807) is 43.1 Å². The molecule has 2 N–H and O–H groups in total. The molecule has 2 amide bonds. The zero-order chi connectivity index (χ0) is 20.8. The number of hydrogen-bond acceptors (Lipinski definition) is 4. The number of nitrogens with one attached hydrogen (secondary N) is 2. The van der Waals surface area contributed by atoms with E-state index in [4.69, 9.17) is 0 Å². The number of ketones is 1. The molecule has 0 spiro atoms. The number of aryl methyl sites for hydroxylation is 2. The SMILES string of the molecule is CC(=O)c1cccc(NC(=O)C(C)N(C)CC(=O)Nc2cc(C)ccc2C)c1. The second kappa shape index (κ2) is 9.28. The highest BCUT2D eigenvalue weighted by Gasteiger charge is 2.20. The van der Waals surface area contributed by atoms with Crippen molar-refractivity contribution in [3.63, 3.8) is 0 Å². The third-order valence-corrected chi connectivity index (χ3v) is 4.64. The Morgan fingerprint density at radius 3 is 2.43 bits per heavy atom. The normalized spacial score (nSPS) is 11.8. The predicted octanol–water partition coefficient (Wildman–Crippen LogP) is 3.40. The van der Waals surface area contributed by atoms with E-state index in [1.165, 1.54) is 6.92 Å². The summed E-state index contributed by atoms with van der Waals surface area (Å²) in [5, 5.41) is 5.69. The largest absolute Gasteiger partial charge is 0.325 e. The second-order valence-electron chi connectivity index (χ2n) is 7.08. The van der Waals surface area contributed by atoms with Crippen molar-refractivity contribution in [2.24, 2.45) is 0 Å². The zero-order valence-electron chi connectivity index (χ0n) is 17.0. The van der Waals surface area contributed by atoms with Crippen LogP contribution in [0, 0.1) is 13.8 Å². The number of carbonyl (C=O) groups excluding carboxylic acids is 3. The smallest absolute Gasteiger partial charge is 0.241 e. The summed E-state index contributed by atoms with van der Waals surface area (Å²) in [7, 11) is 1.72. The van der Waals surface area contributed by atoms with Crippen LogP contribution in [0.25, 0.3) is 0 Å². The number of benzene rings is 2. The van der Waals surface area contributed by atoms with Crippen molar-refractivity contribution in [3.05, 3.63) is 59.2 Å². The van der Waals surface area contributed by atoms with E-state index in [1.807, 2.05) is 32.0 Å². The lowest BCUT2D eigenvalue weighted by atomic mass is 10.1. The number of nitrogens with zero attached hydrogens (tertiary/aromatic N) is 1. The lowest BCUT2D eigenvalue weighted by Crippen LogP contribution is -2.43. The highest BCUT2D eigenvalue weighted by Crippen LogP contribution is 2.16. The average Bonchev–Trinajstić information content (AvgIpc) is 2.64. The van der Waals surface area contributed by atoms with Crippen molar-refractivity contribution in [3.8, 4) is 0 Å². The van der Waals surface area contributed by atoms with E-state index in [-0.39, 0.29) is 24.1 Å². The van der Waals surface area contributed by atoms with Crippen molar-refractivity contribution < 1.29 is 14.4 Å². The molecule has 0 aliphatic heterocycles. The van der Waals surface area contributed by atoms with Gasteiger partial charge in [0, 0.05) is 16.9 Å². The Morgan fingerprint density at radius 2 is 1.75 bits per heavy atom. The fraction of sp³-hybridized carbons (Fsp3) is 0.318. The maximum atomic E-state index is 12.5. The van der Waals surface area contributed by atoms with E-state index in [0.717, 1.165) is 16.8 Å². The molecular weight excluding hydrogens is 354 g/mol. The summed E-state index contributed by atoms with van der Waals surface area (Å²) in [5.74, 6) is -0.499. The molecule has 6 nitrogen and oxygen atoms in total. The van der Waals surface area contributed by atoms with Gasteiger partial charge in [-0.3, -0.25) is 19.3 Å². The van der Waals surface area contributed by atoms with Crippen LogP contribution in [0.5, 0.6) is 0 Å². The van der Waals surface area contributed by atoms with Gasteiger partial charge in [-0.05, 0) is 64.1 Å². The number of amides is 2. The Morgan fingerprint density at radius 1 is 1.04 bits per heavy atom. The summed E-state index contributed by atoms with van der Waals surface area (Å²) in [4.78, 5) is 38.0. The highest BCUT2D eigenvalue weighted by atomic mass is 16.2. The molecule has 0 aliphatic rings. The molecule has 6 heteroatoms. The molecular formula is C22H27N3O3. The molecule has 1 unspecified atom stereocenters. The van der Waals surface area contributed by atoms with Crippen LogP contribution in [0.2, 0.25) is 0 Å². The van der Waals surface area contributed by atoms with Gasteiger partial charge in [0.15, 0.2) is 5.78 Å². The molecule has 0 aromatic heterocycles. The summed E-state index contributed by atoms with van der Waals surface area (Å²) < 4.78 is 0. The molecule has 0 fully saturated rings. The molecule has 0 heterocycles. The molecule has 148 valence electrons. The Kier molecular flexibility index (Phi) is 7.06. The first-order chi connectivity index (χ1) is 13.2. The minimum atomic E-state index is -0.523. The molecule has 0 aliphatic carbocycles. The van der Waals surface area contributed by atoms with Gasteiger partial charge in [-0.25, -0.2) is 0 Å². The van der Waals surface area contributed by atoms with Gasteiger partial charge < -0.3 is 10.6 Å². The van der Waals surface area contributed by atoms with E-state index in [2.05, 4.69) is 10.6 Å². The summed E-state index contributed by atoms with van der Waals surface area (Å²) in [6, 6.07) is 12.1. The van der Waals surface area contributed by atoms with Gasteiger partial charge in [0.2, 0.25) is 11.8 Å². The Labute approximate surface area is 165 Å². The van der Waals surface area contributed by atoms with Crippen molar-refractivity contribution in [2.75, 3.05) is 24.2 Å². The summed E-state index contributed by atoms with van der Waals surface area (Å²) >= 11 is 0. The number of anilines is 2. The van der Waals surface area contributed by atoms with Gasteiger partial charge in [0.25, 0.3) is 0 Å². The summed E-state index contributed by atoms with van der Waals surface area (Å²) in [6.45, 7) is 7.19. The number of Topliss-reactive ketones (excluding diaryl/α,β-unsaturated/α-hetero) is 1. The second-order valence-corrected chi connectivity index (χ2v) is 7.08. The Balaban J connectivity index is 1.95. The molecule has 0 saturated heterocycles. The molecule has 28 heavy (non-hydrogen) atoms. The van der Waals surface area contributed by atoms with Crippen LogP contribution in [-0.2, 0) is 9.59 Å². The molecule has 2 aromatic rings. The maximum Gasteiger partial charge on any atom is 0.241 e. The monoisotopic (exact) mass is 381 g/mol. The first-order valence-corrected chi connectivity index (χ1v) is 9.16. The van der Waals surface area contributed by atoms with Crippen LogP contribution < -0.4 is 10.6 Å². The van der Waals surface area contributed by atoms with Crippen LogP contribution in [0.15, 0.2) is 42.5 Å². The van der Waals surface area contributed by atoms with Crippen molar-refractivity contribution in [2.45, 2.75) is 33.7 Å². The van der Waals surface area contributed by atoms with E-state index in [9.17, 15) is 14.4 Å². The van der Waals surface area contributed by atoms with Crippen LogP contribution in [0.3, 0.4) is 0 Å². The van der Waals surface area contributed by atoms with Crippen molar-refractivity contribution in [1.29, 1.82) is 0 Å². The van der Waals surface area contributed by atoms with E-state index in [0.29, 0.717) is 11.3 Å². The molecule has 0 saturated carbocycles. The van der Waals surface area contributed by atoms with Crippen molar-refractivity contribution >= 4 is 29.0 Å². The van der Waals surface area contributed by atoms with Gasteiger partial charge in [0.1, 0.15) is 0 Å². The molecule has 0 bridgehead atoms. The Bertz CT molecular complexity index is 892. The van der Waals surface area contributed by atoms with Crippen LogP contribution in [-0.4, -0.2) is 42.1 Å². The molecule has 1 atom stereocenters. The number of hydrogen-bond donors (Lipinski definition) is 2. The molecule has 2 rings (SSSR count). The van der Waals surface area contributed by atoms with Gasteiger partial charge in [-0.15, -0.1) is 0 Å². The predicted molar refractivity (Wildman–Crippen MR) is 112 cm³/mol. The third-order valence-electron chi connectivity index (χ3n) is 4.64.